The van der Waals surface area contributed by atoms with Gasteiger partial charge in [-0.25, -0.2) is 4.39 Å². The second-order valence-electron chi connectivity index (χ2n) is 6.60. The Labute approximate surface area is 129 Å². The first-order chi connectivity index (χ1) is 10.7. The molecule has 0 bridgehead atoms. The van der Waals surface area contributed by atoms with Crippen LogP contribution in [0.4, 0.5) is 4.39 Å². The van der Waals surface area contributed by atoms with Gasteiger partial charge in [-0.3, -0.25) is 4.79 Å². The number of carbonyl (C=O) groups is 1. The molecule has 1 aliphatic heterocycles. The van der Waals surface area contributed by atoms with Gasteiger partial charge in [0.25, 0.3) is 0 Å². The van der Waals surface area contributed by atoms with Gasteiger partial charge in [0, 0.05) is 35.6 Å². The van der Waals surface area contributed by atoms with Crippen molar-refractivity contribution in [1.29, 1.82) is 0 Å². The highest BCUT2D eigenvalue weighted by molar-refractivity contribution is 5.87. The van der Waals surface area contributed by atoms with Crippen molar-refractivity contribution in [3.05, 3.63) is 35.3 Å². The summed E-state index contributed by atoms with van der Waals surface area (Å²) in [6, 6.07) is 4.88. The average molecular weight is 300 g/mol. The topological polar surface area (TPSA) is 36.1 Å². The summed E-state index contributed by atoms with van der Waals surface area (Å²) in [6.07, 6.45) is 6.02. The first-order valence-electron chi connectivity index (χ1n) is 8.30. The van der Waals surface area contributed by atoms with Crippen LogP contribution < -0.4 is 0 Å². The summed E-state index contributed by atoms with van der Waals surface area (Å²) in [4.78, 5) is 18.2. The second kappa shape index (κ2) is 5.41. The normalized spacial score (nSPS) is 21.9. The molecule has 0 radical (unpaired) electrons. The minimum atomic E-state index is -0.209. The molecule has 1 fully saturated rings. The lowest BCUT2D eigenvalue weighted by atomic mass is 9.85. The lowest BCUT2D eigenvalue weighted by Gasteiger charge is -2.32. The highest BCUT2D eigenvalue weighted by Crippen LogP contribution is 2.33. The fourth-order valence-corrected chi connectivity index (χ4v) is 3.97. The van der Waals surface area contributed by atoms with Crippen molar-refractivity contribution in [3.63, 3.8) is 0 Å². The molecule has 2 heterocycles. The van der Waals surface area contributed by atoms with E-state index in [1.165, 1.54) is 18.2 Å². The first-order valence-corrected chi connectivity index (χ1v) is 8.30. The molecule has 4 rings (SSSR count). The average Bonchev–Trinajstić information content (AvgIpc) is 2.92. The molecule has 0 spiro atoms. The van der Waals surface area contributed by atoms with Crippen LogP contribution in [-0.2, 0) is 17.6 Å². The molecule has 1 unspecified atom stereocenters. The highest BCUT2D eigenvalue weighted by Gasteiger charge is 2.30. The summed E-state index contributed by atoms with van der Waals surface area (Å²) < 4.78 is 13.5. The first kappa shape index (κ1) is 13.8. The van der Waals surface area contributed by atoms with E-state index in [4.69, 9.17) is 0 Å². The van der Waals surface area contributed by atoms with Gasteiger partial charge in [0.05, 0.1) is 0 Å². The number of nitrogens with zero attached hydrogens (tertiary/aromatic N) is 1. The predicted molar refractivity (Wildman–Crippen MR) is 84.2 cm³/mol. The van der Waals surface area contributed by atoms with Crippen LogP contribution in [0.5, 0.6) is 0 Å². The van der Waals surface area contributed by atoms with Crippen molar-refractivity contribution in [2.24, 2.45) is 5.92 Å². The van der Waals surface area contributed by atoms with Crippen molar-refractivity contribution in [2.45, 2.75) is 38.5 Å². The second-order valence-corrected chi connectivity index (χ2v) is 6.60. The van der Waals surface area contributed by atoms with Crippen LogP contribution in [0.2, 0.25) is 0 Å². The van der Waals surface area contributed by atoms with Crippen molar-refractivity contribution in [2.75, 3.05) is 13.1 Å². The maximum Gasteiger partial charge on any atom is 0.226 e. The van der Waals surface area contributed by atoms with Gasteiger partial charge < -0.3 is 9.88 Å². The molecule has 1 aromatic heterocycles. The monoisotopic (exact) mass is 300 g/mol. The van der Waals surface area contributed by atoms with Crippen LogP contribution in [0.25, 0.3) is 10.9 Å². The molecule has 2 aliphatic rings. The molecular weight excluding hydrogens is 279 g/mol. The van der Waals surface area contributed by atoms with Gasteiger partial charge in [0.15, 0.2) is 0 Å². The fourth-order valence-electron chi connectivity index (χ4n) is 3.97. The third-order valence-corrected chi connectivity index (χ3v) is 5.17. The fraction of sp³-hybridized carbons (Fsp3) is 0.500. The van der Waals surface area contributed by atoms with Gasteiger partial charge >= 0.3 is 0 Å². The number of carbonyl (C=O) groups excluding carboxylic acids is 1. The zero-order chi connectivity index (χ0) is 15.1. The van der Waals surface area contributed by atoms with Gasteiger partial charge in [0.2, 0.25) is 5.91 Å². The summed E-state index contributed by atoms with van der Waals surface area (Å²) in [5.74, 6) is 0.155. The van der Waals surface area contributed by atoms with Gasteiger partial charge in [-0.1, -0.05) is 0 Å². The SMILES string of the molecule is O=C(C1CCc2[nH]c3ccc(F)cc3c2C1)N1CCCCC1. The van der Waals surface area contributed by atoms with E-state index >= 15 is 0 Å². The Bertz CT molecular complexity index is 715. The number of amides is 1. The van der Waals surface area contributed by atoms with Gasteiger partial charge in [-0.05, 0) is 62.3 Å². The van der Waals surface area contributed by atoms with E-state index < -0.39 is 0 Å². The van der Waals surface area contributed by atoms with Crippen LogP contribution in [0.15, 0.2) is 18.2 Å². The van der Waals surface area contributed by atoms with Crippen molar-refractivity contribution < 1.29 is 9.18 Å². The van der Waals surface area contributed by atoms with Crippen molar-refractivity contribution in [3.8, 4) is 0 Å². The van der Waals surface area contributed by atoms with Crippen LogP contribution >= 0.6 is 0 Å². The Morgan fingerprint density at radius 2 is 2.05 bits per heavy atom. The van der Waals surface area contributed by atoms with E-state index in [0.29, 0.717) is 5.91 Å². The third kappa shape index (κ3) is 2.31. The van der Waals surface area contributed by atoms with Crippen LogP contribution in [0.1, 0.15) is 36.9 Å². The number of H-pyrrole nitrogens is 1. The molecular formula is C18H21FN2O. The number of benzene rings is 1. The zero-order valence-corrected chi connectivity index (χ0v) is 12.7. The zero-order valence-electron chi connectivity index (χ0n) is 12.7. The molecule has 0 saturated carbocycles. The maximum absolute atomic E-state index is 13.5. The van der Waals surface area contributed by atoms with E-state index in [9.17, 15) is 9.18 Å². The van der Waals surface area contributed by atoms with Gasteiger partial charge in [0.1, 0.15) is 5.82 Å². The van der Waals surface area contributed by atoms with Crippen LogP contribution in [0.3, 0.4) is 0 Å². The molecule has 1 N–H and O–H groups in total. The summed E-state index contributed by atoms with van der Waals surface area (Å²) in [5.41, 5.74) is 3.32. The largest absolute Gasteiger partial charge is 0.358 e. The summed E-state index contributed by atoms with van der Waals surface area (Å²) in [6.45, 7) is 1.81. The molecule has 1 aromatic carbocycles. The molecule has 3 nitrogen and oxygen atoms in total. The quantitative estimate of drug-likeness (QED) is 0.860. The van der Waals surface area contributed by atoms with E-state index in [0.717, 1.165) is 61.7 Å². The summed E-state index contributed by atoms with van der Waals surface area (Å²) in [5, 5.41) is 0.950. The smallest absolute Gasteiger partial charge is 0.226 e. The van der Waals surface area contributed by atoms with Gasteiger partial charge in [-0.2, -0.15) is 0 Å². The van der Waals surface area contributed by atoms with Gasteiger partial charge in [-0.15, -0.1) is 0 Å². The number of aromatic amines is 1. The van der Waals surface area contributed by atoms with Crippen molar-refractivity contribution in [1.82, 2.24) is 9.88 Å². The van der Waals surface area contributed by atoms with E-state index in [-0.39, 0.29) is 11.7 Å². The van der Waals surface area contributed by atoms with Crippen LogP contribution in [0, 0.1) is 11.7 Å². The standard InChI is InChI=1S/C18H21FN2O/c19-13-5-7-17-15(11-13)14-10-12(4-6-16(14)20-17)18(22)21-8-2-1-3-9-21/h5,7,11-12,20H,1-4,6,8-10H2. The van der Waals surface area contributed by atoms with Crippen LogP contribution in [-0.4, -0.2) is 28.9 Å². The Morgan fingerprint density at radius 1 is 1.23 bits per heavy atom. The molecule has 22 heavy (non-hydrogen) atoms. The minimum Gasteiger partial charge on any atom is -0.358 e. The number of hydrogen-bond donors (Lipinski definition) is 1. The number of rotatable bonds is 1. The minimum absolute atomic E-state index is 0.0628. The number of piperidine rings is 1. The lowest BCUT2D eigenvalue weighted by Crippen LogP contribution is -2.41. The molecule has 4 heteroatoms. The number of hydrogen-bond acceptors (Lipinski definition) is 1. The third-order valence-electron chi connectivity index (χ3n) is 5.17. The Kier molecular flexibility index (Phi) is 3.40. The molecule has 1 saturated heterocycles. The summed E-state index contributed by atoms with van der Waals surface area (Å²) in [7, 11) is 0. The maximum atomic E-state index is 13.5. The Balaban J connectivity index is 1.61. The molecule has 1 amide bonds. The van der Waals surface area contributed by atoms with Crippen molar-refractivity contribution >= 4 is 16.8 Å². The molecule has 2 aromatic rings. The number of aryl methyl sites for hydroxylation is 1. The van der Waals surface area contributed by atoms with E-state index in [1.54, 1.807) is 12.1 Å². The Hall–Kier alpha value is -1.84. The Morgan fingerprint density at radius 3 is 2.86 bits per heavy atom. The number of aromatic nitrogens is 1. The van der Waals surface area contributed by atoms with E-state index in [1.807, 2.05) is 4.90 Å². The molecule has 116 valence electrons. The number of likely N-dealkylation sites (tertiary alicyclic amines) is 1. The highest BCUT2D eigenvalue weighted by atomic mass is 19.1. The van der Waals surface area contributed by atoms with E-state index in [2.05, 4.69) is 4.98 Å². The predicted octanol–water partition coefficient (Wildman–Crippen LogP) is 3.42. The molecule has 1 aliphatic carbocycles. The number of fused-ring (bicyclic) bond motifs is 3. The molecule has 1 atom stereocenters. The lowest BCUT2D eigenvalue weighted by molar-refractivity contribution is -0.136. The number of halogens is 1. The summed E-state index contributed by atoms with van der Waals surface area (Å²) >= 11 is 0. The number of nitrogens with one attached hydrogen (secondary N) is 1.